The first-order valence-electron chi connectivity index (χ1n) is 7.09. The van der Waals surface area contributed by atoms with E-state index < -0.39 is 0 Å². The van der Waals surface area contributed by atoms with Gasteiger partial charge in [-0.25, -0.2) is 4.98 Å². The van der Waals surface area contributed by atoms with E-state index in [-0.39, 0.29) is 18.0 Å². The van der Waals surface area contributed by atoms with Gasteiger partial charge in [-0.2, -0.15) is 4.98 Å². The summed E-state index contributed by atoms with van der Waals surface area (Å²) in [5.74, 6) is 2.02. The van der Waals surface area contributed by atoms with Gasteiger partial charge in [0.2, 0.25) is 5.95 Å². The van der Waals surface area contributed by atoms with Gasteiger partial charge in [-0.05, 0) is 37.1 Å². The van der Waals surface area contributed by atoms with Crippen LogP contribution in [-0.4, -0.2) is 27.7 Å². The van der Waals surface area contributed by atoms with Crippen molar-refractivity contribution >= 4 is 23.4 Å². The molecular formula is C15H17ClN4O2. The number of benzene rings is 1. The highest BCUT2D eigenvalue weighted by atomic mass is 35.5. The number of nitrogen functional groups attached to an aromatic ring is 1. The Morgan fingerprint density at radius 1 is 1.32 bits per heavy atom. The van der Waals surface area contributed by atoms with E-state index >= 15 is 0 Å². The van der Waals surface area contributed by atoms with Gasteiger partial charge in [-0.15, -0.1) is 0 Å². The Morgan fingerprint density at radius 2 is 2.09 bits per heavy atom. The molecule has 1 aromatic heterocycles. The number of aliphatic hydroxyl groups is 1. The average Bonchev–Trinajstić information content (AvgIpc) is 2.50. The lowest BCUT2D eigenvalue weighted by molar-refractivity contribution is 0.0314. The molecule has 0 unspecified atom stereocenters. The van der Waals surface area contributed by atoms with E-state index in [0.29, 0.717) is 28.9 Å². The first-order valence-corrected chi connectivity index (χ1v) is 7.47. The van der Waals surface area contributed by atoms with Crippen LogP contribution in [0, 0.1) is 5.92 Å². The van der Waals surface area contributed by atoms with Crippen LogP contribution in [0.2, 0.25) is 5.02 Å². The molecule has 0 amide bonds. The predicted octanol–water partition coefficient (Wildman–Crippen LogP) is 2.69. The number of nitrogens with two attached hydrogens (primary N) is 1. The van der Waals surface area contributed by atoms with Gasteiger partial charge in [-0.3, -0.25) is 0 Å². The number of nitrogens with one attached hydrogen (secondary N) is 1. The molecule has 1 fully saturated rings. The first-order chi connectivity index (χ1) is 10.6. The molecule has 0 spiro atoms. The second-order valence-corrected chi connectivity index (χ2v) is 5.72. The molecule has 1 aliphatic carbocycles. The fourth-order valence-corrected chi connectivity index (χ4v) is 2.36. The minimum Gasteiger partial charge on any atom is -0.452 e. The third kappa shape index (κ3) is 3.40. The summed E-state index contributed by atoms with van der Waals surface area (Å²) in [4.78, 5) is 8.12. The van der Waals surface area contributed by atoms with E-state index in [1.807, 2.05) is 0 Å². The van der Waals surface area contributed by atoms with E-state index in [1.54, 1.807) is 24.3 Å². The molecule has 1 aliphatic rings. The summed E-state index contributed by atoms with van der Waals surface area (Å²) in [7, 11) is 0. The smallest absolute Gasteiger partial charge is 0.222 e. The van der Waals surface area contributed by atoms with E-state index in [2.05, 4.69) is 15.3 Å². The maximum Gasteiger partial charge on any atom is 0.222 e. The lowest BCUT2D eigenvalue weighted by Crippen LogP contribution is -2.36. The Morgan fingerprint density at radius 3 is 2.73 bits per heavy atom. The molecule has 1 saturated carbocycles. The van der Waals surface area contributed by atoms with Crippen molar-refractivity contribution in [2.75, 3.05) is 17.6 Å². The third-order valence-corrected chi connectivity index (χ3v) is 3.98. The summed E-state index contributed by atoms with van der Waals surface area (Å²) >= 11 is 5.85. The quantitative estimate of drug-likeness (QED) is 0.784. The van der Waals surface area contributed by atoms with Gasteiger partial charge in [-0.1, -0.05) is 11.6 Å². The Hall–Kier alpha value is -2.05. The summed E-state index contributed by atoms with van der Waals surface area (Å²) < 4.78 is 5.77. The van der Waals surface area contributed by atoms with Crippen LogP contribution >= 0.6 is 11.6 Å². The molecule has 0 saturated heterocycles. The zero-order valence-corrected chi connectivity index (χ0v) is 12.6. The summed E-state index contributed by atoms with van der Waals surface area (Å²) in [6, 6.07) is 7.01. The van der Waals surface area contributed by atoms with Crippen LogP contribution in [0.25, 0.3) is 0 Å². The van der Waals surface area contributed by atoms with Crippen molar-refractivity contribution in [1.82, 2.24) is 9.97 Å². The molecule has 0 aliphatic heterocycles. The number of ether oxygens (including phenoxy) is 1. The summed E-state index contributed by atoms with van der Waals surface area (Å²) in [5, 5.41) is 13.4. The standard InChI is InChI=1S/C15H17ClN4O2/c16-10-2-4-11(5-3-10)22-13-8-19-15(17)20-14(13)18-7-9-1-6-12(9)21/h2-5,8-9,12,21H,1,6-7H2,(H3,17,18,19,20)/t9-,12+/m0/s1. The highest BCUT2D eigenvalue weighted by Gasteiger charge is 2.28. The third-order valence-electron chi connectivity index (χ3n) is 3.72. The van der Waals surface area contributed by atoms with E-state index in [9.17, 15) is 5.11 Å². The molecule has 0 radical (unpaired) electrons. The van der Waals surface area contributed by atoms with Crippen molar-refractivity contribution in [3.8, 4) is 11.5 Å². The molecule has 6 nitrogen and oxygen atoms in total. The summed E-state index contributed by atoms with van der Waals surface area (Å²) in [6.07, 6.45) is 3.14. The molecule has 22 heavy (non-hydrogen) atoms. The SMILES string of the molecule is Nc1ncc(Oc2ccc(Cl)cc2)c(NC[C@@H]2CC[C@H]2O)n1. The zero-order valence-electron chi connectivity index (χ0n) is 11.9. The number of hydrogen-bond donors (Lipinski definition) is 3. The minimum absolute atomic E-state index is 0.167. The fourth-order valence-electron chi connectivity index (χ4n) is 2.23. The van der Waals surface area contributed by atoms with Crippen molar-refractivity contribution < 1.29 is 9.84 Å². The van der Waals surface area contributed by atoms with Crippen LogP contribution < -0.4 is 15.8 Å². The molecule has 0 bridgehead atoms. The second kappa shape index (κ2) is 6.37. The zero-order chi connectivity index (χ0) is 15.5. The maximum atomic E-state index is 9.63. The van der Waals surface area contributed by atoms with Gasteiger partial charge < -0.3 is 20.9 Å². The molecule has 1 heterocycles. The Balaban J connectivity index is 1.73. The maximum absolute atomic E-state index is 9.63. The predicted molar refractivity (Wildman–Crippen MR) is 85.2 cm³/mol. The van der Waals surface area contributed by atoms with Crippen LogP contribution in [0.3, 0.4) is 0 Å². The van der Waals surface area contributed by atoms with Gasteiger partial charge in [0.25, 0.3) is 0 Å². The van der Waals surface area contributed by atoms with Crippen LogP contribution in [-0.2, 0) is 0 Å². The Labute approximate surface area is 133 Å². The van der Waals surface area contributed by atoms with Crippen molar-refractivity contribution in [2.45, 2.75) is 18.9 Å². The van der Waals surface area contributed by atoms with Crippen molar-refractivity contribution in [3.05, 3.63) is 35.5 Å². The molecular weight excluding hydrogens is 304 g/mol. The van der Waals surface area contributed by atoms with Gasteiger partial charge in [0.15, 0.2) is 11.6 Å². The normalized spacial score (nSPS) is 20.3. The number of hydrogen-bond acceptors (Lipinski definition) is 6. The van der Waals surface area contributed by atoms with E-state index in [4.69, 9.17) is 22.1 Å². The lowest BCUT2D eigenvalue weighted by atomic mass is 9.82. The molecule has 1 aromatic carbocycles. The number of nitrogens with zero attached hydrogens (tertiary/aromatic N) is 2. The molecule has 7 heteroatoms. The van der Waals surface area contributed by atoms with Crippen molar-refractivity contribution in [3.63, 3.8) is 0 Å². The summed E-state index contributed by atoms with van der Waals surface area (Å²) in [5.41, 5.74) is 5.64. The van der Waals surface area contributed by atoms with Crippen LogP contribution in [0.4, 0.5) is 11.8 Å². The van der Waals surface area contributed by atoms with E-state index in [0.717, 1.165) is 12.8 Å². The molecule has 2 atom stereocenters. The van der Waals surface area contributed by atoms with Crippen LogP contribution in [0.5, 0.6) is 11.5 Å². The number of halogens is 1. The van der Waals surface area contributed by atoms with Crippen LogP contribution in [0.15, 0.2) is 30.5 Å². The number of rotatable bonds is 5. The Bertz CT molecular complexity index is 650. The van der Waals surface area contributed by atoms with Crippen LogP contribution in [0.1, 0.15) is 12.8 Å². The summed E-state index contributed by atoms with van der Waals surface area (Å²) in [6.45, 7) is 0.620. The molecule has 116 valence electrons. The fraction of sp³-hybridized carbons (Fsp3) is 0.333. The molecule has 2 aromatic rings. The van der Waals surface area contributed by atoms with Crippen molar-refractivity contribution in [2.24, 2.45) is 5.92 Å². The topological polar surface area (TPSA) is 93.3 Å². The van der Waals surface area contributed by atoms with Crippen molar-refractivity contribution in [1.29, 1.82) is 0 Å². The lowest BCUT2D eigenvalue weighted by Gasteiger charge is -2.32. The highest BCUT2D eigenvalue weighted by molar-refractivity contribution is 6.30. The van der Waals surface area contributed by atoms with E-state index in [1.165, 1.54) is 6.20 Å². The molecule has 4 N–H and O–H groups in total. The molecule has 3 rings (SSSR count). The average molecular weight is 321 g/mol. The van der Waals surface area contributed by atoms with Gasteiger partial charge in [0.1, 0.15) is 5.75 Å². The monoisotopic (exact) mass is 320 g/mol. The number of anilines is 2. The van der Waals surface area contributed by atoms with Gasteiger partial charge >= 0.3 is 0 Å². The number of aromatic nitrogens is 2. The Kier molecular flexibility index (Phi) is 4.31. The minimum atomic E-state index is -0.243. The number of aliphatic hydroxyl groups excluding tert-OH is 1. The van der Waals surface area contributed by atoms with Gasteiger partial charge in [0.05, 0.1) is 12.3 Å². The largest absolute Gasteiger partial charge is 0.452 e. The highest BCUT2D eigenvalue weighted by Crippen LogP contribution is 2.31. The van der Waals surface area contributed by atoms with Gasteiger partial charge in [0, 0.05) is 17.5 Å². The second-order valence-electron chi connectivity index (χ2n) is 5.28. The first kappa shape index (κ1) is 14.9.